The molecule has 2 nitrogen and oxygen atoms in total. The summed E-state index contributed by atoms with van der Waals surface area (Å²) < 4.78 is 0. The fourth-order valence-corrected chi connectivity index (χ4v) is 4.28. The first-order valence-corrected chi connectivity index (χ1v) is 8.25. The van der Waals surface area contributed by atoms with E-state index in [1.165, 1.54) is 16.0 Å². The maximum atomic E-state index is 9.51. The molecule has 0 heterocycles. The Morgan fingerprint density at radius 2 is 2.10 bits per heavy atom. The van der Waals surface area contributed by atoms with Crippen molar-refractivity contribution in [2.45, 2.75) is 68.7 Å². The number of hydrogen-bond donors (Lipinski definition) is 1. The molecule has 108 valence electrons. The molecule has 1 aliphatic carbocycles. The van der Waals surface area contributed by atoms with Gasteiger partial charge in [0.2, 0.25) is 0 Å². The van der Waals surface area contributed by atoms with E-state index in [0.29, 0.717) is 11.3 Å². The van der Waals surface area contributed by atoms with Gasteiger partial charge in [-0.1, -0.05) is 6.07 Å². The zero-order valence-corrected chi connectivity index (χ0v) is 13.7. The molecule has 1 aliphatic rings. The molecule has 0 amide bonds. The highest BCUT2D eigenvalue weighted by Gasteiger charge is 2.40. The molecular formula is C17H24N2S. The van der Waals surface area contributed by atoms with Crippen molar-refractivity contribution >= 4 is 11.8 Å². The predicted molar refractivity (Wildman–Crippen MR) is 86.0 cm³/mol. The quantitative estimate of drug-likeness (QED) is 0.901. The van der Waals surface area contributed by atoms with Crippen LogP contribution in [0.15, 0.2) is 23.1 Å². The van der Waals surface area contributed by atoms with Gasteiger partial charge in [0.05, 0.1) is 6.07 Å². The Morgan fingerprint density at radius 1 is 1.35 bits per heavy atom. The monoisotopic (exact) mass is 288 g/mol. The summed E-state index contributed by atoms with van der Waals surface area (Å²) in [6.07, 6.45) is 3.02. The summed E-state index contributed by atoms with van der Waals surface area (Å²) in [5.74, 6) is 0. The lowest BCUT2D eigenvalue weighted by Crippen LogP contribution is -2.45. The van der Waals surface area contributed by atoms with E-state index in [1.807, 2.05) is 11.8 Å². The largest absolute Gasteiger partial charge is 0.297 e. The Labute approximate surface area is 127 Å². The lowest BCUT2D eigenvalue weighted by Gasteiger charge is -2.25. The van der Waals surface area contributed by atoms with Crippen molar-refractivity contribution in [1.29, 1.82) is 5.26 Å². The van der Waals surface area contributed by atoms with Crippen molar-refractivity contribution in [2.75, 3.05) is 0 Å². The average Bonchev–Trinajstić information content (AvgIpc) is 2.77. The van der Waals surface area contributed by atoms with Crippen LogP contribution < -0.4 is 5.32 Å². The van der Waals surface area contributed by atoms with E-state index in [0.717, 1.165) is 19.3 Å². The Balaban J connectivity index is 2.02. The Bertz CT molecular complexity index is 518. The average molecular weight is 288 g/mol. The highest BCUT2D eigenvalue weighted by atomic mass is 32.2. The van der Waals surface area contributed by atoms with Gasteiger partial charge in [0, 0.05) is 16.2 Å². The highest BCUT2D eigenvalue weighted by molar-refractivity contribution is 8.00. The van der Waals surface area contributed by atoms with Crippen molar-refractivity contribution < 1.29 is 0 Å². The van der Waals surface area contributed by atoms with Crippen molar-refractivity contribution in [3.05, 3.63) is 29.3 Å². The SMILES string of the molecule is Cc1ccc(SC2CCC(C#N)(NC(C)C)C2)cc1C. The van der Waals surface area contributed by atoms with Crippen LogP contribution in [-0.4, -0.2) is 16.8 Å². The van der Waals surface area contributed by atoms with E-state index in [1.54, 1.807) is 0 Å². The number of thioether (sulfide) groups is 1. The number of nitrogens with one attached hydrogen (secondary N) is 1. The Morgan fingerprint density at radius 3 is 2.70 bits per heavy atom. The van der Waals surface area contributed by atoms with Crippen LogP contribution >= 0.6 is 11.8 Å². The molecule has 1 fully saturated rings. The smallest absolute Gasteiger partial charge is 0.108 e. The van der Waals surface area contributed by atoms with Crippen LogP contribution in [-0.2, 0) is 0 Å². The van der Waals surface area contributed by atoms with Gasteiger partial charge in [0.1, 0.15) is 5.54 Å². The molecule has 2 rings (SSSR count). The molecule has 3 heteroatoms. The van der Waals surface area contributed by atoms with Crippen LogP contribution in [0.1, 0.15) is 44.2 Å². The van der Waals surface area contributed by atoms with Gasteiger partial charge in [-0.05, 0) is 70.2 Å². The third kappa shape index (κ3) is 3.56. The lowest BCUT2D eigenvalue weighted by atomic mass is 9.99. The summed E-state index contributed by atoms with van der Waals surface area (Å²) in [5, 5.41) is 13.5. The fraction of sp³-hybridized carbons (Fsp3) is 0.588. The number of hydrogen-bond acceptors (Lipinski definition) is 3. The molecule has 0 spiro atoms. The van der Waals surface area contributed by atoms with E-state index in [2.05, 4.69) is 57.3 Å². The number of rotatable bonds is 4. The van der Waals surface area contributed by atoms with E-state index < -0.39 is 0 Å². The molecule has 2 atom stereocenters. The van der Waals surface area contributed by atoms with E-state index >= 15 is 0 Å². The zero-order chi connectivity index (χ0) is 14.8. The summed E-state index contributed by atoms with van der Waals surface area (Å²) in [5.41, 5.74) is 2.37. The van der Waals surface area contributed by atoms with Gasteiger partial charge in [-0.3, -0.25) is 5.32 Å². The molecular weight excluding hydrogens is 264 g/mol. The fourth-order valence-electron chi connectivity index (χ4n) is 2.90. The van der Waals surface area contributed by atoms with Gasteiger partial charge < -0.3 is 0 Å². The van der Waals surface area contributed by atoms with Crippen LogP contribution in [0.4, 0.5) is 0 Å². The molecule has 0 aromatic heterocycles. The minimum Gasteiger partial charge on any atom is -0.297 e. The summed E-state index contributed by atoms with van der Waals surface area (Å²) in [4.78, 5) is 1.33. The van der Waals surface area contributed by atoms with Crippen molar-refractivity contribution in [2.24, 2.45) is 0 Å². The minimum absolute atomic E-state index is 0.314. The summed E-state index contributed by atoms with van der Waals surface area (Å²) >= 11 is 1.93. The number of nitrogens with zero attached hydrogens (tertiary/aromatic N) is 1. The molecule has 1 aromatic carbocycles. The first kappa shape index (κ1) is 15.4. The number of nitriles is 1. The van der Waals surface area contributed by atoms with Gasteiger partial charge >= 0.3 is 0 Å². The van der Waals surface area contributed by atoms with Gasteiger partial charge in [0.25, 0.3) is 0 Å². The van der Waals surface area contributed by atoms with Gasteiger partial charge in [-0.25, -0.2) is 0 Å². The third-order valence-corrected chi connectivity index (χ3v) is 5.29. The van der Waals surface area contributed by atoms with Gasteiger partial charge in [0.15, 0.2) is 0 Å². The topological polar surface area (TPSA) is 35.8 Å². The Hall–Kier alpha value is -0.980. The molecule has 1 saturated carbocycles. The predicted octanol–water partition coefficient (Wildman–Crippen LogP) is 4.21. The van der Waals surface area contributed by atoms with Crippen molar-refractivity contribution in [3.8, 4) is 6.07 Å². The van der Waals surface area contributed by atoms with E-state index in [4.69, 9.17) is 0 Å². The summed E-state index contributed by atoms with van der Waals surface area (Å²) in [6, 6.07) is 9.54. The van der Waals surface area contributed by atoms with Crippen LogP contribution in [0.3, 0.4) is 0 Å². The zero-order valence-electron chi connectivity index (χ0n) is 12.9. The molecule has 0 saturated heterocycles. The maximum Gasteiger partial charge on any atom is 0.108 e. The highest BCUT2D eigenvalue weighted by Crippen LogP contribution is 2.40. The van der Waals surface area contributed by atoms with E-state index in [-0.39, 0.29) is 5.54 Å². The molecule has 2 unspecified atom stereocenters. The van der Waals surface area contributed by atoms with Crippen LogP contribution in [0.2, 0.25) is 0 Å². The molecule has 0 bridgehead atoms. The van der Waals surface area contributed by atoms with Crippen molar-refractivity contribution in [3.63, 3.8) is 0 Å². The maximum absolute atomic E-state index is 9.51. The van der Waals surface area contributed by atoms with Crippen molar-refractivity contribution in [1.82, 2.24) is 5.32 Å². The number of benzene rings is 1. The van der Waals surface area contributed by atoms with Crippen LogP contribution in [0.25, 0.3) is 0 Å². The molecule has 20 heavy (non-hydrogen) atoms. The molecule has 0 radical (unpaired) electrons. The first-order valence-electron chi connectivity index (χ1n) is 7.37. The summed E-state index contributed by atoms with van der Waals surface area (Å²) in [6.45, 7) is 8.53. The second kappa shape index (κ2) is 6.20. The lowest BCUT2D eigenvalue weighted by molar-refractivity contribution is 0.386. The standard InChI is InChI=1S/C17H24N2S/c1-12(2)19-17(11-18)8-7-16(10-17)20-15-6-5-13(3)14(4)9-15/h5-6,9,12,16,19H,7-8,10H2,1-4H3. The molecule has 1 aromatic rings. The van der Waals surface area contributed by atoms with Gasteiger partial charge in [-0.15, -0.1) is 11.8 Å². The summed E-state index contributed by atoms with van der Waals surface area (Å²) in [7, 11) is 0. The Kier molecular flexibility index (Phi) is 4.78. The number of aryl methyl sites for hydroxylation is 2. The minimum atomic E-state index is -0.314. The van der Waals surface area contributed by atoms with E-state index in [9.17, 15) is 5.26 Å². The van der Waals surface area contributed by atoms with Crippen LogP contribution in [0.5, 0.6) is 0 Å². The molecule has 0 aliphatic heterocycles. The van der Waals surface area contributed by atoms with Gasteiger partial charge in [-0.2, -0.15) is 5.26 Å². The normalized spacial score (nSPS) is 25.9. The second-order valence-corrected chi connectivity index (χ2v) is 7.60. The third-order valence-electron chi connectivity index (χ3n) is 4.03. The second-order valence-electron chi connectivity index (χ2n) is 6.22. The van der Waals surface area contributed by atoms with Crippen LogP contribution in [0, 0.1) is 25.2 Å². The first-order chi connectivity index (χ1) is 9.44. The molecule has 1 N–H and O–H groups in total.